The predicted molar refractivity (Wildman–Crippen MR) is 45.4 cm³/mol. The number of halogens is 2. The summed E-state index contributed by atoms with van der Waals surface area (Å²) in [5.74, 6) is 0. The fourth-order valence-electron chi connectivity index (χ4n) is 0.416. The Morgan fingerprint density at radius 1 is 1.60 bits per heavy atom. The van der Waals surface area contributed by atoms with Crippen molar-refractivity contribution < 1.29 is 4.79 Å². The normalized spacial score (nSPS) is 8.10. The number of carbonyl (C=O) groups excluding carboxylic acids is 1. The summed E-state index contributed by atoms with van der Waals surface area (Å²) >= 11 is 3.14. The summed E-state index contributed by atoms with van der Waals surface area (Å²) in [6.45, 7) is 0. The maximum absolute atomic E-state index is 10.0. The van der Waals surface area contributed by atoms with Crippen molar-refractivity contribution in [3.05, 3.63) is 22.4 Å². The van der Waals surface area contributed by atoms with E-state index in [1.807, 2.05) is 0 Å². The monoisotopic (exact) mass is 266 g/mol. The molecule has 0 fully saturated rings. The van der Waals surface area contributed by atoms with E-state index in [1.165, 1.54) is 6.20 Å². The summed E-state index contributed by atoms with van der Waals surface area (Å²) in [6.07, 6.45) is 2.17. The van der Waals surface area contributed by atoms with E-state index in [1.54, 1.807) is 6.07 Å². The van der Waals surface area contributed by atoms with Crippen LogP contribution in [-0.2, 0) is 0 Å². The van der Waals surface area contributed by atoms with E-state index in [9.17, 15) is 4.79 Å². The van der Waals surface area contributed by atoms with E-state index < -0.39 is 0 Å². The van der Waals surface area contributed by atoms with Gasteiger partial charge in [-0.15, -0.1) is 22.1 Å². The zero-order valence-electron chi connectivity index (χ0n) is 4.82. The second-order valence-electron chi connectivity index (χ2n) is 1.42. The third kappa shape index (κ3) is 2.53. The molecule has 1 rings (SSSR count). The van der Waals surface area contributed by atoms with Gasteiger partial charge in [0.15, 0.2) is 6.29 Å². The number of hydrogen-bond donors (Lipinski definition) is 0. The lowest BCUT2D eigenvalue weighted by Crippen LogP contribution is -1.87. The van der Waals surface area contributed by atoms with Crippen LogP contribution in [0.4, 0.5) is 0 Å². The van der Waals surface area contributed by atoms with Crippen LogP contribution in [0.25, 0.3) is 0 Å². The topological polar surface area (TPSA) is 42.9 Å². The zero-order chi connectivity index (χ0) is 6.69. The van der Waals surface area contributed by atoms with Crippen LogP contribution in [0.2, 0.25) is 0 Å². The Morgan fingerprint density at radius 2 is 2.30 bits per heavy atom. The van der Waals surface area contributed by atoms with Crippen LogP contribution in [0.3, 0.4) is 0 Å². The van der Waals surface area contributed by atoms with Crippen LogP contribution in [0.1, 0.15) is 10.5 Å². The van der Waals surface area contributed by atoms with Crippen LogP contribution in [-0.4, -0.2) is 16.5 Å². The molecule has 1 aromatic rings. The summed E-state index contributed by atoms with van der Waals surface area (Å²) in [5, 5.41) is 7.04. The smallest absolute Gasteiger partial charge is 0.170 e. The van der Waals surface area contributed by atoms with E-state index >= 15 is 0 Å². The molecule has 0 aliphatic heterocycles. The molecular weight excluding hydrogens is 264 g/mol. The minimum absolute atomic E-state index is 0. The third-order valence-corrected chi connectivity index (χ3v) is 1.19. The number of aromatic nitrogens is 2. The molecule has 0 N–H and O–H groups in total. The van der Waals surface area contributed by atoms with Gasteiger partial charge in [-0.1, -0.05) is 0 Å². The van der Waals surface area contributed by atoms with Gasteiger partial charge in [-0.2, -0.15) is 5.10 Å². The number of aldehydes is 1. The lowest BCUT2D eigenvalue weighted by atomic mass is 10.4. The van der Waals surface area contributed by atoms with E-state index in [0.29, 0.717) is 12.0 Å². The van der Waals surface area contributed by atoms with Crippen molar-refractivity contribution in [1.82, 2.24) is 10.2 Å². The fourth-order valence-corrected chi connectivity index (χ4v) is 0.742. The van der Waals surface area contributed by atoms with E-state index in [4.69, 9.17) is 0 Å². The highest BCUT2D eigenvalue weighted by Crippen LogP contribution is 2.05. The Kier molecular flexibility index (Phi) is 4.38. The Hall–Kier alpha value is -0.290. The van der Waals surface area contributed by atoms with E-state index in [0.717, 1.165) is 4.47 Å². The fraction of sp³-hybridized carbons (Fsp3) is 0. The highest BCUT2D eigenvalue weighted by atomic mass is 79.9. The van der Waals surface area contributed by atoms with Crippen molar-refractivity contribution in [2.45, 2.75) is 0 Å². The van der Waals surface area contributed by atoms with Crippen LogP contribution in [0.15, 0.2) is 16.7 Å². The molecular formula is C5H4Br2N2O. The van der Waals surface area contributed by atoms with E-state index in [-0.39, 0.29) is 17.0 Å². The first-order valence-electron chi connectivity index (χ1n) is 2.26. The van der Waals surface area contributed by atoms with Gasteiger partial charge >= 0.3 is 0 Å². The maximum Gasteiger partial charge on any atom is 0.170 e. The average molecular weight is 268 g/mol. The minimum atomic E-state index is 0. The minimum Gasteiger partial charge on any atom is -0.296 e. The summed E-state index contributed by atoms with van der Waals surface area (Å²) in [5.41, 5.74) is 0.337. The van der Waals surface area contributed by atoms with Crippen LogP contribution in [0.5, 0.6) is 0 Å². The van der Waals surface area contributed by atoms with Gasteiger partial charge in [0, 0.05) is 4.47 Å². The molecule has 0 spiro atoms. The Bertz CT molecular complexity index is 229. The van der Waals surface area contributed by atoms with Crippen molar-refractivity contribution >= 4 is 39.2 Å². The number of carbonyl (C=O) groups is 1. The maximum atomic E-state index is 10.0. The molecule has 0 aliphatic carbocycles. The summed E-state index contributed by atoms with van der Waals surface area (Å²) in [4.78, 5) is 10.0. The molecule has 0 unspecified atom stereocenters. The molecule has 0 aromatic carbocycles. The number of nitrogens with zero attached hydrogens (tertiary/aromatic N) is 2. The Balaban J connectivity index is 0.000000810. The number of hydrogen-bond acceptors (Lipinski definition) is 3. The van der Waals surface area contributed by atoms with Gasteiger partial charge in [0.25, 0.3) is 0 Å². The number of rotatable bonds is 1. The second-order valence-corrected chi connectivity index (χ2v) is 2.33. The van der Waals surface area contributed by atoms with Gasteiger partial charge in [0.2, 0.25) is 0 Å². The summed E-state index contributed by atoms with van der Waals surface area (Å²) in [6, 6.07) is 1.60. The van der Waals surface area contributed by atoms with Gasteiger partial charge in [-0.05, 0) is 22.0 Å². The molecule has 0 bridgehead atoms. The lowest BCUT2D eigenvalue weighted by molar-refractivity contribution is 0.111. The highest BCUT2D eigenvalue weighted by Gasteiger charge is 1.90. The average Bonchev–Trinajstić information content (AvgIpc) is 1.88. The zero-order valence-corrected chi connectivity index (χ0v) is 8.12. The molecule has 0 radical (unpaired) electrons. The Labute approximate surface area is 76.7 Å². The van der Waals surface area contributed by atoms with Crippen LogP contribution < -0.4 is 0 Å². The molecule has 10 heavy (non-hydrogen) atoms. The van der Waals surface area contributed by atoms with Crippen molar-refractivity contribution in [3.63, 3.8) is 0 Å². The second kappa shape index (κ2) is 4.51. The van der Waals surface area contributed by atoms with Gasteiger partial charge in [0.05, 0.1) is 6.20 Å². The van der Waals surface area contributed by atoms with Gasteiger partial charge in [-0.3, -0.25) is 4.79 Å². The molecule has 1 aromatic heterocycles. The first-order chi connectivity index (χ1) is 4.33. The van der Waals surface area contributed by atoms with Crippen LogP contribution in [0, 0.1) is 0 Å². The lowest BCUT2D eigenvalue weighted by Gasteiger charge is -1.86. The van der Waals surface area contributed by atoms with Crippen molar-refractivity contribution in [1.29, 1.82) is 0 Å². The standard InChI is InChI=1S/C5H3BrN2O.BrH/c6-4-1-5(3-9)8-7-2-4;/h1-3H;1H. The third-order valence-electron chi connectivity index (χ3n) is 0.761. The molecule has 3 nitrogen and oxygen atoms in total. The van der Waals surface area contributed by atoms with E-state index in [2.05, 4.69) is 26.1 Å². The van der Waals surface area contributed by atoms with Gasteiger partial charge in [-0.25, -0.2) is 0 Å². The SMILES string of the molecule is Br.O=Cc1cc(Br)cnn1. The Morgan fingerprint density at radius 3 is 2.70 bits per heavy atom. The molecule has 0 amide bonds. The van der Waals surface area contributed by atoms with Crippen molar-refractivity contribution in [2.24, 2.45) is 0 Å². The van der Waals surface area contributed by atoms with Gasteiger partial charge in [0.1, 0.15) is 5.69 Å². The van der Waals surface area contributed by atoms with Crippen molar-refractivity contribution in [2.75, 3.05) is 0 Å². The summed E-state index contributed by atoms with van der Waals surface area (Å²) < 4.78 is 0.764. The first-order valence-corrected chi connectivity index (χ1v) is 3.05. The largest absolute Gasteiger partial charge is 0.296 e. The van der Waals surface area contributed by atoms with Gasteiger partial charge < -0.3 is 0 Å². The molecule has 5 heteroatoms. The molecule has 0 saturated carbocycles. The molecule has 54 valence electrons. The highest BCUT2D eigenvalue weighted by molar-refractivity contribution is 9.10. The predicted octanol–water partition coefficient (Wildman–Crippen LogP) is 1.63. The quantitative estimate of drug-likeness (QED) is 0.727. The molecule has 0 aliphatic rings. The van der Waals surface area contributed by atoms with Crippen molar-refractivity contribution in [3.8, 4) is 0 Å². The van der Waals surface area contributed by atoms with Crippen LogP contribution >= 0.6 is 32.9 Å². The molecule has 0 atom stereocenters. The molecule has 1 heterocycles. The molecule has 0 saturated heterocycles. The summed E-state index contributed by atoms with van der Waals surface area (Å²) in [7, 11) is 0. The first kappa shape index (κ1) is 9.71.